The quantitative estimate of drug-likeness (QED) is 0.301. The molecule has 1 heterocycles. The van der Waals surface area contributed by atoms with Crippen molar-refractivity contribution < 1.29 is 14.3 Å². The number of anilines is 2. The second kappa shape index (κ2) is 10.2. The minimum Gasteiger partial charge on any atom is -0.423 e. The molecule has 0 spiro atoms. The third-order valence-electron chi connectivity index (χ3n) is 3.84. The van der Waals surface area contributed by atoms with Gasteiger partial charge in [0.05, 0.1) is 6.54 Å². The van der Waals surface area contributed by atoms with Crippen LogP contribution in [0.25, 0.3) is 0 Å². The van der Waals surface area contributed by atoms with Gasteiger partial charge in [-0.2, -0.15) is 0 Å². The lowest BCUT2D eigenvalue weighted by molar-refractivity contribution is -0.136. The Morgan fingerprint density at radius 2 is 1.83 bits per heavy atom. The van der Waals surface area contributed by atoms with Crippen LogP contribution in [0.15, 0.2) is 46.6 Å². The van der Waals surface area contributed by atoms with Crippen molar-refractivity contribution in [3.63, 3.8) is 0 Å². The summed E-state index contributed by atoms with van der Waals surface area (Å²) in [5, 5.41) is 13.5. The van der Waals surface area contributed by atoms with E-state index >= 15 is 0 Å². The van der Waals surface area contributed by atoms with Crippen LogP contribution in [-0.2, 0) is 9.59 Å². The SMILES string of the molecule is CNCC(=O)Nc1ccc(N=Nc2ccccc2OC(=O)C(N)C(C)C)c(N)n1. The van der Waals surface area contributed by atoms with E-state index in [4.69, 9.17) is 16.2 Å². The number of hydrogen-bond acceptors (Lipinski definition) is 9. The number of ether oxygens (including phenoxy) is 1. The predicted octanol–water partition coefficient (Wildman–Crippen LogP) is 2.13. The van der Waals surface area contributed by atoms with E-state index < -0.39 is 12.0 Å². The van der Waals surface area contributed by atoms with Crippen molar-refractivity contribution in [2.75, 3.05) is 24.6 Å². The van der Waals surface area contributed by atoms with Gasteiger partial charge in [-0.05, 0) is 37.2 Å². The van der Waals surface area contributed by atoms with Crippen LogP contribution >= 0.6 is 0 Å². The Bertz CT molecular complexity index is 899. The fraction of sp³-hybridized carbons (Fsp3) is 0.316. The lowest BCUT2D eigenvalue weighted by Crippen LogP contribution is -2.38. The minimum absolute atomic E-state index is 0.0609. The van der Waals surface area contributed by atoms with Gasteiger partial charge in [-0.15, -0.1) is 10.2 Å². The van der Waals surface area contributed by atoms with Gasteiger partial charge in [-0.3, -0.25) is 4.79 Å². The number of hydrogen-bond donors (Lipinski definition) is 4. The summed E-state index contributed by atoms with van der Waals surface area (Å²) in [7, 11) is 1.66. The largest absolute Gasteiger partial charge is 0.423 e. The monoisotopic (exact) mass is 399 g/mol. The predicted molar refractivity (Wildman–Crippen MR) is 110 cm³/mol. The molecule has 1 aromatic heterocycles. The maximum atomic E-state index is 12.1. The van der Waals surface area contributed by atoms with Crippen LogP contribution in [0, 0.1) is 5.92 Å². The Kier molecular flexibility index (Phi) is 7.75. The lowest BCUT2D eigenvalue weighted by Gasteiger charge is -2.14. The average Bonchev–Trinajstić information content (AvgIpc) is 2.67. The van der Waals surface area contributed by atoms with Gasteiger partial charge in [0, 0.05) is 0 Å². The molecule has 1 aromatic carbocycles. The van der Waals surface area contributed by atoms with E-state index in [9.17, 15) is 9.59 Å². The van der Waals surface area contributed by atoms with E-state index in [0.717, 1.165) is 0 Å². The molecule has 1 atom stereocenters. The highest BCUT2D eigenvalue weighted by Crippen LogP contribution is 2.30. The highest BCUT2D eigenvalue weighted by molar-refractivity contribution is 5.91. The first kappa shape index (κ1) is 21.9. The van der Waals surface area contributed by atoms with Crippen LogP contribution in [0.4, 0.5) is 23.0 Å². The minimum atomic E-state index is -0.745. The van der Waals surface area contributed by atoms with E-state index in [2.05, 4.69) is 25.8 Å². The summed E-state index contributed by atoms with van der Waals surface area (Å²) in [6.45, 7) is 3.81. The Labute approximate surface area is 168 Å². The second-order valence-corrected chi connectivity index (χ2v) is 6.54. The molecule has 2 aromatic rings. The van der Waals surface area contributed by atoms with Crippen LogP contribution in [0.2, 0.25) is 0 Å². The fourth-order valence-corrected chi connectivity index (χ4v) is 2.15. The van der Waals surface area contributed by atoms with Crippen molar-refractivity contribution in [1.29, 1.82) is 0 Å². The standard InChI is InChI=1S/C19H25N7O3/c1-11(2)17(20)19(28)29-14-7-5-4-6-12(14)25-26-13-8-9-15(24-18(13)21)23-16(27)10-22-3/h4-9,11,17,22H,10,20H2,1-3H3,(H3,21,23,24,27). The maximum absolute atomic E-state index is 12.1. The van der Waals surface area contributed by atoms with Gasteiger partial charge in [0.1, 0.15) is 23.2 Å². The van der Waals surface area contributed by atoms with E-state index in [1.165, 1.54) is 0 Å². The number of benzene rings is 1. The molecule has 0 aliphatic rings. The van der Waals surface area contributed by atoms with Gasteiger partial charge < -0.3 is 26.8 Å². The zero-order chi connectivity index (χ0) is 21.4. The Morgan fingerprint density at radius 3 is 2.48 bits per heavy atom. The van der Waals surface area contributed by atoms with Gasteiger partial charge in [0.25, 0.3) is 0 Å². The average molecular weight is 399 g/mol. The van der Waals surface area contributed by atoms with Gasteiger partial charge in [0.15, 0.2) is 11.6 Å². The molecule has 0 aliphatic heterocycles. The summed E-state index contributed by atoms with van der Waals surface area (Å²) in [4.78, 5) is 27.8. The van der Waals surface area contributed by atoms with Crippen LogP contribution in [-0.4, -0.2) is 36.5 Å². The zero-order valence-corrected chi connectivity index (χ0v) is 16.5. The molecule has 1 amide bonds. The maximum Gasteiger partial charge on any atom is 0.328 e. The normalized spacial score (nSPS) is 12.2. The molecule has 1 unspecified atom stereocenters. The molecule has 29 heavy (non-hydrogen) atoms. The molecule has 0 saturated heterocycles. The van der Waals surface area contributed by atoms with E-state index in [0.29, 0.717) is 17.2 Å². The third-order valence-corrected chi connectivity index (χ3v) is 3.84. The summed E-state index contributed by atoms with van der Waals surface area (Å²) in [6.07, 6.45) is 0. The third kappa shape index (κ3) is 6.33. The molecular formula is C19H25N7O3. The Hall–Kier alpha value is -3.37. The van der Waals surface area contributed by atoms with Crippen molar-refractivity contribution in [3.8, 4) is 5.75 Å². The van der Waals surface area contributed by atoms with Crippen molar-refractivity contribution in [3.05, 3.63) is 36.4 Å². The molecule has 2 rings (SSSR count). The summed E-state index contributed by atoms with van der Waals surface area (Å²) in [6, 6.07) is 9.07. The topological polar surface area (TPSA) is 157 Å². The second-order valence-electron chi connectivity index (χ2n) is 6.54. The number of pyridine rings is 1. The molecular weight excluding hydrogens is 374 g/mol. The molecule has 0 fully saturated rings. The number of nitrogens with two attached hydrogens (primary N) is 2. The number of carbonyl (C=O) groups excluding carboxylic acids is 2. The number of amides is 1. The number of nitrogens with one attached hydrogen (secondary N) is 2. The van der Waals surface area contributed by atoms with Crippen LogP contribution in [0.1, 0.15) is 13.8 Å². The number of nitrogen functional groups attached to an aromatic ring is 1. The first-order chi connectivity index (χ1) is 13.8. The smallest absolute Gasteiger partial charge is 0.328 e. The lowest BCUT2D eigenvalue weighted by atomic mass is 10.1. The Morgan fingerprint density at radius 1 is 1.14 bits per heavy atom. The molecule has 0 aliphatic carbocycles. The van der Waals surface area contributed by atoms with Crippen molar-refractivity contribution in [1.82, 2.24) is 10.3 Å². The number of likely N-dealkylation sites (N-methyl/N-ethyl adjacent to an activating group) is 1. The fourth-order valence-electron chi connectivity index (χ4n) is 2.15. The highest BCUT2D eigenvalue weighted by Gasteiger charge is 2.20. The van der Waals surface area contributed by atoms with Crippen LogP contribution in [0.5, 0.6) is 5.75 Å². The molecule has 6 N–H and O–H groups in total. The number of aromatic nitrogens is 1. The number of azo groups is 1. The highest BCUT2D eigenvalue weighted by atomic mass is 16.5. The van der Waals surface area contributed by atoms with E-state index in [-0.39, 0.29) is 29.9 Å². The summed E-state index contributed by atoms with van der Waals surface area (Å²) in [5.41, 5.74) is 12.4. The molecule has 10 nitrogen and oxygen atoms in total. The van der Waals surface area contributed by atoms with Crippen LogP contribution in [0.3, 0.4) is 0 Å². The molecule has 0 saturated carbocycles. The summed E-state index contributed by atoms with van der Waals surface area (Å²) < 4.78 is 5.36. The molecule has 0 radical (unpaired) electrons. The van der Waals surface area contributed by atoms with Gasteiger partial charge >= 0.3 is 5.97 Å². The first-order valence-electron chi connectivity index (χ1n) is 9.00. The summed E-state index contributed by atoms with van der Waals surface area (Å²) in [5.74, 6) is -0.227. The molecule has 10 heteroatoms. The van der Waals surface area contributed by atoms with E-state index in [1.54, 1.807) is 43.4 Å². The van der Waals surface area contributed by atoms with Crippen molar-refractivity contribution in [2.24, 2.45) is 21.9 Å². The molecule has 154 valence electrons. The number of rotatable bonds is 8. The zero-order valence-electron chi connectivity index (χ0n) is 16.5. The number of nitrogens with zero attached hydrogens (tertiary/aromatic N) is 3. The Balaban J connectivity index is 2.16. The van der Waals surface area contributed by atoms with Gasteiger partial charge in [-0.25, -0.2) is 9.78 Å². The number of esters is 1. The van der Waals surface area contributed by atoms with Gasteiger partial charge in [-0.1, -0.05) is 26.0 Å². The van der Waals surface area contributed by atoms with Crippen molar-refractivity contribution >= 4 is 34.9 Å². The molecule has 0 bridgehead atoms. The number of para-hydroxylation sites is 1. The van der Waals surface area contributed by atoms with Crippen LogP contribution < -0.4 is 26.8 Å². The first-order valence-corrected chi connectivity index (χ1v) is 9.00. The summed E-state index contributed by atoms with van der Waals surface area (Å²) >= 11 is 0. The van der Waals surface area contributed by atoms with Crippen molar-refractivity contribution in [2.45, 2.75) is 19.9 Å². The number of carbonyl (C=O) groups is 2. The van der Waals surface area contributed by atoms with E-state index in [1.807, 2.05) is 13.8 Å². The van der Waals surface area contributed by atoms with Gasteiger partial charge in [0.2, 0.25) is 5.91 Å².